The summed E-state index contributed by atoms with van der Waals surface area (Å²) in [5.41, 5.74) is 6.41. The minimum Gasteiger partial charge on any atom is -0.375 e. The average Bonchev–Trinajstić information content (AvgIpc) is 2.92. The molecule has 0 saturated carbocycles. The standard InChI is InChI=1S/C11H9N3OS2/c12-11-13-7(6-17-11)5-14-3-1-9-8(10(14)15)2-4-16-9/h1-4,6H,5H2,(H2,12,13). The highest BCUT2D eigenvalue weighted by Gasteiger charge is 2.05. The number of thiophene rings is 1. The Morgan fingerprint density at radius 2 is 2.24 bits per heavy atom. The second-order valence-electron chi connectivity index (χ2n) is 3.62. The number of nitrogens with two attached hydrogens (primary N) is 1. The fourth-order valence-electron chi connectivity index (χ4n) is 1.70. The summed E-state index contributed by atoms with van der Waals surface area (Å²) >= 11 is 2.96. The molecule has 0 saturated heterocycles. The summed E-state index contributed by atoms with van der Waals surface area (Å²) in [5, 5.41) is 5.10. The first kappa shape index (κ1) is 10.5. The number of nitrogen functional groups attached to an aromatic ring is 1. The smallest absolute Gasteiger partial charge is 0.259 e. The topological polar surface area (TPSA) is 60.9 Å². The number of fused-ring (bicyclic) bond motifs is 1. The molecule has 0 fully saturated rings. The monoisotopic (exact) mass is 263 g/mol. The van der Waals surface area contributed by atoms with E-state index in [0.717, 1.165) is 15.8 Å². The summed E-state index contributed by atoms with van der Waals surface area (Å²) < 4.78 is 2.67. The van der Waals surface area contributed by atoms with Crippen LogP contribution in [0.2, 0.25) is 0 Å². The molecule has 86 valence electrons. The van der Waals surface area contributed by atoms with Gasteiger partial charge in [0, 0.05) is 16.3 Å². The molecule has 0 aromatic carbocycles. The van der Waals surface area contributed by atoms with E-state index >= 15 is 0 Å². The van der Waals surface area contributed by atoms with Gasteiger partial charge in [-0.05, 0) is 17.5 Å². The molecule has 3 heterocycles. The van der Waals surface area contributed by atoms with Crippen molar-refractivity contribution in [3.8, 4) is 0 Å². The Morgan fingerprint density at radius 1 is 1.35 bits per heavy atom. The Bertz CT molecular complexity index is 725. The van der Waals surface area contributed by atoms with E-state index in [1.165, 1.54) is 11.3 Å². The molecule has 0 aliphatic carbocycles. The molecular formula is C11H9N3OS2. The van der Waals surface area contributed by atoms with Crippen molar-refractivity contribution < 1.29 is 0 Å². The zero-order valence-electron chi connectivity index (χ0n) is 8.79. The number of hydrogen-bond donors (Lipinski definition) is 1. The van der Waals surface area contributed by atoms with Crippen LogP contribution in [0.25, 0.3) is 10.1 Å². The summed E-state index contributed by atoms with van der Waals surface area (Å²) in [5.74, 6) is 0. The number of pyridine rings is 1. The van der Waals surface area contributed by atoms with Crippen molar-refractivity contribution in [2.75, 3.05) is 5.73 Å². The van der Waals surface area contributed by atoms with Crippen molar-refractivity contribution in [1.29, 1.82) is 0 Å². The van der Waals surface area contributed by atoms with E-state index in [1.807, 2.05) is 22.9 Å². The van der Waals surface area contributed by atoms with Crippen LogP contribution in [-0.2, 0) is 6.54 Å². The van der Waals surface area contributed by atoms with Gasteiger partial charge in [-0.1, -0.05) is 0 Å². The number of anilines is 1. The summed E-state index contributed by atoms with van der Waals surface area (Å²) in [7, 11) is 0. The molecule has 0 spiro atoms. The Labute approximate surface area is 105 Å². The third kappa shape index (κ3) is 1.85. The maximum atomic E-state index is 12.1. The number of nitrogens with zero attached hydrogens (tertiary/aromatic N) is 2. The van der Waals surface area contributed by atoms with Crippen molar-refractivity contribution in [3.63, 3.8) is 0 Å². The molecule has 0 aliphatic rings. The number of rotatable bonds is 2. The van der Waals surface area contributed by atoms with Crippen LogP contribution < -0.4 is 11.3 Å². The van der Waals surface area contributed by atoms with Crippen LogP contribution in [-0.4, -0.2) is 9.55 Å². The molecule has 17 heavy (non-hydrogen) atoms. The lowest BCUT2D eigenvalue weighted by molar-refractivity contribution is 0.753. The second kappa shape index (κ2) is 3.97. The van der Waals surface area contributed by atoms with E-state index in [0.29, 0.717) is 11.7 Å². The number of hydrogen-bond acceptors (Lipinski definition) is 5. The Hall–Kier alpha value is -1.66. The Balaban J connectivity index is 2.06. The summed E-state index contributed by atoms with van der Waals surface area (Å²) in [6, 6.07) is 3.81. The molecule has 0 bridgehead atoms. The van der Waals surface area contributed by atoms with E-state index in [4.69, 9.17) is 5.73 Å². The van der Waals surface area contributed by atoms with Crippen LogP contribution in [0.3, 0.4) is 0 Å². The quantitative estimate of drug-likeness (QED) is 0.770. The lowest BCUT2D eigenvalue weighted by Gasteiger charge is -2.02. The molecule has 0 amide bonds. The van der Waals surface area contributed by atoms with Crippen LogP contribution in [0.15, 0.2) is 33.9 Å². The largest absolute Gasteiger partial charge is 0.375 e. The van der Waals surface area contributed by atoms with Crippen LogP contribution >= 0.6 is 22.7 Å². The summed E-state index contributed by atoms with van der Waals surface area (Å²) in [4.78, 5) is 16.3. The van der Waals surface area contributed by atoms with Crippen LogP contribution in [0.1, 0.15) is 5.69 Å². The summed E-state index contributed by atoms with van der Waals surface area (Å²) in [6.45, 7) is 0.471. The predicted octanol–water partition coefficient (Wildman–Crippen LogP) is 2.15. The van der Waals surface area contributed by atoms with Crippen molar-refractivity contribution in [2.24, 2.45) is 0 Å². The number of thiazole rings is 1. The van der Waals surface area contributed by atoms with E-state index in [9.17, 15) is 4.79 Å². The Kier molecular flexibility index (Phi) is 2.45. The van der Waals surface area contributed by atoms with E-state index in [2.05, 4.69) is 4.98 Å². The first-order valence-corrected chi connectivity index (χ1v) is 6.76. The highest BCUT2D eigenvalue weighted by molar-refractivity contribution is 7.17. The average molecular weight is 263 g/mol. The van der Waals surface area contributed by atoms with Gasteiger partial charge in [0.15, 0.2) is 5.13 Å². The van der Waals surface area contributed by atoms with Crippen LogP contribution in [0, 0.1) is 0 Å². The van der Waals surface area contributed by atoms with Gasteiger partial charge in [0.05, 0.1) is 17.6 Å². The van der Waals surface area contributed by atoms with Crippen molar-refractivity contribution in [3.05, 3.63) is 45.1 Å². The minimum atomic E-state index is 0.0234. The van der Waals surface area contributed by atoms with Gasteiger partial charge in [-0.25, -0.2) is 4.98 Å². The molecule has 3 aromatic rings. The van der Waals surface area contributed by atoms with Gasteiger partial charge in [-0.15, -0.1) is 22.7 Å². The third-order valence-corrected chi connectivity index (χ3v) is 4.10. The van der Waals surface area contributed by atoms with Crippen LogP contribution in [0.5, 0.6) is 0 Å². The maximum absolute atomic E-state index is 12.1. The first-order chi connectivity index (χ1) is 8.24. The molecule has 0 atom stereocenters. The molecule has 3 rings (SSSR count). The van der Waals surface area contributed by atoms with Crippen molar-refractivity contribution >= 4 is 37.9 Å². The van der Waals surface area contributed by atoms with Gasteiger partial charge in [-0.3, -0.25) is 4.79 Å². The van der Waals surface area contributed by atoms with Crippen molar-refractivity contribution in [2.45, 2.75) is 6.54 Å². The molecule has 6 heteroatoms. The van der Waals surface area contributed by atoms with Gasteiger partial charge in [0.2, 0.25) is 0 Å². The molecule has 3 aromatic heterocycles. The van der Waals surface area contributed by atoms with Crippen molar-refractivity contribution in [1.82, 2.24) is 9.55 Å². The van der Waals surface area contributed by atoms with Gasteiger partial charge in [-0.2, -0.15) is 0 Å². The van der Waals surface area contributed by atoms with Crippen LogP contribution in [0.4, 0.5) is 5.13 Å². The first-order valence-electron chi connectivity index (χ1n) is 5.00. The lowest BCUT2D eigenvalue weighted by atomic mass is 10.3. The maximum Gasteiger partial charge on any atom is 0.259 e. The SMILES string of the molecule is Nc1nc(Cn2ccc3sccc3c2=O)cs1. The highest BCUT2D eigenvalue weighted by atomic mass is 32.1. The van der Waals surface area contributed by atoms with Gasteiger partial charge in [0.25, 0.3) is 5.56 Å². The molecule has 4 nitrogen and oxygen atoms in total. The van der Waals surface area contributed by atoms with Gasteiger partial charge in [0.1, 0.15) is 0 Å². The zero-order chi connectivity index (χ0) is 11.8. The highest BCUT2D eigenvalue weighted by Crippen LogP contribution is 2.17. The molecule has 0 radical (unpaired) electrons. The fraction of sp³-hybridized carbons (Fsp3) is 0.0909. The predicted molar refractivity (Wildman–Crippen MR) is 71.7 cm³/mol. The Morgan fingerprint density at radius 3 is 3.00 bits per heavy atom. The van der Waals surface area contributed by atoms with Gasteiger partial charge >= 0.3 is 0 Å². The molecule has 0 unspecified atom stereocenters. The fourth-order valence-corrected chi connectivity index (χ4v) is 3.03. The zero-order valence-corrected chi connectivity index (χ0v) is 10.4. The molecular weight excluding hydrogens is 254 g/mol. The van der Waals surface area contributed by atoms with E-state index in [1.54, 1.807) is 22.1 Å². The van der Waals surface area contributed by atoms with Gasteiger partial charge < -0.3 is 10.3 Å². The number of aromatic nitrogens is 2. The summed E-state index contributed by atoms with van der Waals surface area (Å²) in [6.07, 6.45) is 1.80. The van der Waals surface area contributed by atoms with E-state index < -0.39 is 0 Å². The van der Waals surface area contributed by atoms with E-state index in [-0.39, 0.29) is 5.56 Å². The third-order valence-electron chi connectivity index (χ3n) is 2.49. The lowest BCUT2D eigenvalue weighted by Crippen LogP contribution is -2.19. The minimum absolute atomic E-state index is 0.0234. The molecule has 0 aliphatic heterocycles. The normalized spacial score (nSPS) is 11.1. The second-order valence-corrected chi connectivity index (χ2v) is 5.46. The molecule has 2 N–H and O–H groups in total.